The maximum atomic E-state index is 12.5. The second-order valence-electron chi connectivity index (χ2n) is 5.42. The van der Waals surface area contributed by atoms with Crippen molar-refractivity contribution in [3.8, 4) is 5.75 Å². The van der Waals surface area contributed by atoms with Crippen molar-refractivity contribution in [2.45, 2.75) is 12.8 Å². The predicted octanol–water partition coefficient (Wildman–Crippen LogP) is 2.20. The first kappa shape index (κ1) is 16.1. The molecule has 2 aromatic rings. The Bertz CT molecular complexity index is 917. The van der Waals surface area contributed by atoms with Crippen LogP contribution >= 0.6 is 11.6 Å². The van der Waals surface area contributed by atoms with E-state index in [1.54, 1.807) is 37.3 Å². The molecule has 1 aromatic carbocycles. The first-order chi connectivity index (χ1) is 11.4. The molecular formula is C17H15ClN2O4. The lowest BCUT2D eigenvalue weighted by atomic mass is 9.83. The number of aryl methyl sites for hydroxylation is 1. The summed E-state index contributed by atoms with van der Waals surface area (Å²) in [5.74, 6) is -1.18. The zero-order valence-corrected chi connectivity index (χ0v) is 13.8. The molecule has 124 valence electrons. The summed E-state index contributed by atoms with van der Waals surface area (Å²) in [5, 5.41) is 0.479. The highest BCUT2D eigenvalue weighted by atomic mass is 35.5. The summed E-state index contributed by atoms with van der Waals surface area (Å²) >= 11 is 6.07. The molecule has 3 N–H and O–H groups in total. The molecule has 0 amide bonds. The molecule has 6 nitrogen and oxygen atoms in total. The number of pyridine rings is 1. The number of aromatic amines is 1. The number of methoxy groups -OCH3 is 1. The third-order valence-corrected chi connectivity index (χ3v) is 4.05. The lowest BCUT2D eigenvalue weighted by molar-refractivity contribution is -0.136. The van der Waals surface area contributed by atoms with Crippen LogP contribution in [0.1, 0.15) is 22.7 Å². The highest BCUT2D eigenvalue weighted by molar-refractivity contribution is 6.30. The maximum absolute atomic E-state index is 12.5. The van der Waals surface area contributed by atoms with Gasteiger partial charge in [0.2, 0.25) is 5.88 Å². The second-order valence-corrected chi connectivity index (χ2v) is 5.86. The molecule has 7 heteroatoms. The van der Waals surface area contributed by atoms with Gasteiger partial charge in [0.15, 0.2) is 0 Å². The summed E-state index contributed by atoms with van der Waals surface area (Å²) in [5.41, 5.74) is 7.22. The number of carbonyl (C=O) groups is 1. The fraction of sp³-hybridized carbons (Fsp3) is 0.176. The van der Waals surface area contributed by atoms with Crippen LogP contribution in [0.15, 0.2) is 46.6 Å². The van der Waals surface area contributed by atoms with Crippen molar-refractivity contribution in [1.82, 2.24) is 4.98 Å². The van der Waals surface area contributed by atoms with E-state index in [2.05, 4.69) is 4.98 Å². The average Bonchev–Trinajstić information content (AvgIpc) is 2.52. The summed E-state index contributed by atoms with van der Waals surface area (Å²) in [6, 6.07) is 8.54. The van der Waals surface area contributed by atoms with Gasteiger partial charge in [-0.05, 0) is 24.6 Å². The van der Waals surface area contributed by atoms with Gasteiger partial charge in [-0.25, -0.2) is 4.79 Å². The molecular weight excluding hydrogens is 332 g/mol. The smallest absolute Gasteiger partial charge is 0.340 e. The van der Waals surface area contributed by atoms with E-state index in [-0.39, 0.29) is 22.6 Å². The van der Waals surface area contributed by atoms with Crippen LogP contribution in [0.2, 0.25) is 5.02 Å². The van der Waals surface area contributed by atoms with Crippen LogP contribution < -0.4 is 16.0 Å². The van der Waals surface area contributed by atoms with Gasteiger partial charge in [-0.3, -0.25) is 4.79 Å². The molecule has 0 saturated carbocycles. The first-order valence-corrected chi connectivity index (χ1v) is 7.55. The molecule has 0 radical (unpaired) electrons. The summed E-state index contributed by atoms with van der Waals surface area (Å²) in [7, 11) is 1.24. The van der Waals surface area contributed by atoms with Gasteiger partial charge >= 0.3 is 5.97 Å². The molecule has 3 rings (SSSR count). The lowest BCUT2D eigenvalue weighted by Gasteiger charge is -2.27. The fourth-order valence-electron chi connectivity index (χ4n) is 2.83. The number of hydrogen-bond acceptors (Lipinski definition) is 5. The van der Waals surface area contributed by atoms with Crippen LogP contribution in [0.4, 0.5) is 0 Å². The molecule has 0 unspecified atom stereocenters. The van der Waals surface area contributed by atoms with Gasteiger partial charge in [-0.1, -0.05) is 23.7 Å². The van der Waals surface area contributed by atoms with Crippen LogP contribution in [0.25, 0.3) is 0 Å². The number of fused-ring (bicyclic) bond motifs is 1. The number of carbonyl (C=O) groups excluding carboxylic acids is 1. The number of hydrogen-bond donors (Lipinski definition) is 2. The summed E-state index contributed by atoms with van der Waals surface area (Å²) < 4.78 is 10.3. The highest BCUT2D eigenvalue weighted by Crippen LogP contribution is 2.41. The minimum Gasteiger partial charge on any atom is -0.465 e. The van der Waals surface area contributed by atoms with Gasteiger partial charge in [0.1, 0.15) is 11.3 Å². The van der Waals surface area contributed by atoms with Crippen molar-refractivity contribution in [2.24, 2.45) is 5.73 Å². The van der Waals surface area contributed by atoms with Gasteiger partial charge in [0.05, 0.1) is 18.6 Å². The fourth-order valence-corrected chi connectivity index (χ4v) is 3.03. The topological polar surface area (TPSA) is 94.4 Å². The van der Waals surface area contributed by atoms with Crippen molar-refractivity contribution >= 4 is 17.6 Å². The van der Waals surface area contributed by atoms with Crippen molar-refractivity contribution in [1.29, 1.82) is 0 Å². The van der Waals surface area contributed by atoms with Gasteiger partial charge in [0.25, 0.3) is 5.56 Å². The largest absolute Gasteiger partial charge is 0.465 e. The predicted molar refractivity (Wildman–Crippen MR) is 89.0 cm³/mol. The Hall–Kier alpha value is -2.73. The van der Waals surface area contributed by atoms with E-state index in [0.29, 0.717) is 22.0 Å². The van der Waals surface area contributed by atoms with Crippen molar-refractivity contribution in [3.63, 3.8) is 0 Å². The average molecular weight is 347 g/mol. The quantitative estimate of drug-likeness (QED) is 0.813. The van der Waals surface area contributed by atoms with E-state index in [1.165, 1.54) is 7.11 Å². The molecule has 1 atom stereocenters. The molecule has 0 fully saturated rings. The van der Waals surface area contributed by atoms with Crippen LogP contribution in [0.3, 0.4) is 0 Å². The summed E-state index contributed by atoms with van der Waals surface area (Å²) in [6.07, 6.45) is 0. The maximum Gasteiger partial charge on any atom is 0.340 e. The highest BCUT2D eigenvalue weighted by Gasteiger charge is 2.37. The first-order valence-electron chi connectivity index (χ1n) is 7.17. The standard InChI is InChI=1S/C17H15ClN2O4/c1-8-6-11-13(16(21)20-8)12(9-4-3-5-10(18)7-9)14(15(19)24-11)17(22)23-2/h3-7,12H,19H2,1-2H3,(H,20,21)/t12-/m0/s1. The van der Waals surface area contributed by atoms with E-state index in [0.717, 1.165) is 0 Å². The third kappa shape index (κ3) is 2.65. The third-order valence-electron chi connectivity index (χ3n) is 3.82. The number of H-pyrrole nitrogens is 1. The number of rotatable bonds is 2. The number of ether oxygens (including phenoxy) is 2. The number of aromatic nitrogens is 1. The van der Waals surface area contributed by atoms with E-state index in [1.807, 2.05) is 0 Å². The molecule has 0 spiro atoms. The molecule has 2 heterocycles. The second kappa shape index (κ2) is 6.05. The van der Waals surface area contributed by atoms with Gasteiger partial charge in [-0.15, -0.1) is 0 Å². The minimum absolute atomic E-state index is 0.0709. The SMILES string of the molecule is COC(=O)C1=C(N)Oc2cc(C)[nH]c(=O)c2[C@@H]1c1cccc(Cl)c1. The van der Waals surface area contributed by atoms with Crippen molar-refractivity contribution in [3.05, 3.63) is 74.0 Å². The van der Waals surface area contributed by atoms with Crippen LogP contribution in [0.5, 0.6) is 5.75 Å². The van der Waals surface area contributed by atoms with E-state index >= 15 is 0 Å². The molecule has 0 aliphatic carbocycles. The number of benzene rings is 1. The van der Waals surface area contributed by atoms with Crippen LogP contribution in [-0.4, -0.2) is 18.1 Å². The number of nitrogens with one attached hydrogen (secondary N) is 1. The number of esters is 1. The Morgan fingerprint density at radius 2 is 2.12 bits per heavy atom. The number of nitrogens with two attached hydrogens (primary N) is 1. The van der Waals surface area contributed by atoms with Crippen molar-refractivity contribution in [2.75, 3.05) is 7.11 Å². The van der Waals surface area contributed by atoms with Crippen LogP contribution in [-0.2, 0) is 9.53 Å². The van der Waals surface area contributed by atoms with Gasteiger partial charge in [-0.2, -0.15) is 0 Å². The molecule has 1 aliphatic rings. The summed E-state index contributed by atoms with van der Waals surface area (Å²) in [4.78, 5) is 27.5. The van der Waals surface area contributed by atoms with Gasteiger partial charge < -0.3 is 20.2 Å². The monoisotopic (exact) mass is 346 g/mol. The Morgan fingerprint density at radius 1 is 1.38 bits per heavy atom. The Morgan fingerprint density at radius 3 is 2.79 bits per heavy atom. The number of halogens is 1. The van der Waals surface area contributed by atoms with Gasteiger partial charge in [0, 0.05) is 16.8 Å². The zero-order chi connectivity index (χ0) is 17.4. The molecule has 1 aliphatic heterocycles. The Balaban J connectivity index is 2.32. The molecule has 0 bridgehead atoms. The minimum atomic E-state index is -0.732. The summed E-state index contributed by atoms with van der Waals surface area (Å²) in [6.45, 7) is 1.73. The molecule has 1 aromatic heterocycles. The molecule has 24 heavy (non-hydrogen) atoms. The lowest BCUT2D eigenvalue weighted by Crippen LogP contribution is -2.31. The van der Waals surface area contributed by atoms with E-state index in [9.17, 15) is 9.59 Å². The Kier molecular flexibility index (Phi) is 4.07. The normalized spacial score (nSPS) is 16.4. The van der Waals surface area contributed by atoms with Crippen LogP contribution in [0, 0.1) is 6.92 Å². The zero-order valence-electron chi connectivity index (χ0n) is 13.1. The van der Waals surface area contributed by atoms with E-state index < -0.39 is 11.9 Å². The van der Waals surface area contributed by atoms with E-state index in [4.69, 9.17) is 26.8 Å². The Labute approximate surface area is 142 Å². The van der Waals surface area contributed by atoms with Crippen molar-refractivity contribution < 1.29 is 14.3 Å². The molecule has 0 saturated heterocycles.